The average Bonchev–Trinajstić information content (AvgIpc) is 2.64. The van der Waals surface area contributed by atoms with Crippen molar-refractivity contribution < 1.29 is 9.47 Å². The molecule has 3 rings (SSSR count). The minimum Gasteiger partial charge on any atom is -0.490 e. The molecule has 0 unspecified atom stereocenters. The molecule has 0 saturated heterocycles. The summed E-state index contributed by atoms with van der Waals surface area (Å²) in [5.74, 6) is 1.84. The van der Waals surface area contributed by atoms with Gasteiger partial charge < -0.3 is 14.5 Å². The van der Waals surface area contributed by atoms with E-state index in [0.29, 0.717) is 41.3 Å². The van der Waals surface area contributed by atoms with E-state index in [1.165, 1.54) is 0 Å². The predicted molar refractivity (Wildman–Crippen MR) is 109 cm³/mol. The maximum Gasteiger partial charge on any atom is 0.259 e. The Morgan fingerprint density at radius 1 is 1.26 bits per heavy atom. The molecule has 5 heteroatoms. The minimum absolute atomic E-state index is 0.0113. The van der Waals surface area contributed by atoms with Crippen LogP contribution in [-0.4, -0.2) is 22.7 Å². The first-order valence-corrected chi connectivity index (χ1v) is 9.10. The largest absolute Gasteiger partial charge is 0.490 e. The number of hydrogen-bond acceptors (Lipinski definition) is 4. The van der Waals surface area contributed by atoms with Crippen molar-refractivity contribution >= 4 is 10.9 Å². The Bertz CT molecular complexity index is 1020. The Morgan fingerprint density at radius 2 is 2.04 bits per heavy atom. The van der Waals surface area contributed by atoms with Crippen LogP contribution in [0.1, 0.15) is 26.3 Å². The van der Waals surface area contributed by atoms with Gasteiger partial charge in [0.1, 0.15) is 5.82 Å². The standard InChI is InChI=1S/C22H24N2O3/c1-5-9-15-12-16(13-19(26-6-2)20(15)27-14(3)4)21-23-18-11-8-7-10-17(18)22(25)24-21/h5,7-8,10-14H,1,6,9H2,2-4H3,(H,23,24,25). The van der Waals surface area contributed by atoms with Gasteiger partial charge in [-0.1, -0.05) is 18.2 Å². The van der Waals surface area contributed by atoms with E-state index in [0.717, 1.165) is 11.1 Å². The summed E-state index contributed by atoms with van der Waals surface area (Å²) in [6, 6.07) is 11.1. The molecule has 0 aliphatic heterocycles. The van der Waals surface area contributed by atoms with Gasteiger partial charge in [-0.25, -0.2) is 4.98 Å². The molecule has 5 nitrogen and oxygen atoms in total. The monoisotopic (exact) mass is 364 g/mol. The van der Waals surface area contributed by atoms with Crippen molar-refractivity contribution in [2.45, 2.75) is 33.3 Å². The number of nitrogens with zero attached hydrogens (tertiary/aromatic N) is 1. The van der Waals surface area contributed by atoms with Crippen LogP contribution in [0.3, 0.4) is 0 Å². The number of H-pyrrole nitrogens is 1. The molecule has 0 atom stereocenters. The third kappa shape index (κ3) is 4.03. The molecule has 140 valence electrons. The SMILES string of the molecule is C=CCc1cc(-c2nc3ccccc3c(=O)[nH]2)cc(OCC)c1OC(C)C. The van der Waals surface area contributed by atoms with Gasteiger partial charge in [-0.2, -0.15) is 0 Å². The fraction of sp³-hybridized carbons (Fsp3) is 0.273. The third-order valence-electron chi connectivity index (χ3n) is 4.04. The Hall–Kier alpha value is -3.08. The summed E-state index contributed by atoms with van der Waals surface area (Å²) in [4.78, 5) is 19.9. The molecule has 1 heterocycles. The number of aromatic amines is 1. The average molecular weight is 364 g/mol. The van der Waals surface area contributed by atoms with Crippen molar-refractivity contribution in [1.82, 2.24) is 9.97 Å². The van der Waals surface area contributed by atoms with Crippen LogP contribution >= 0.6 is 0 Å². The zero-order valence-corrected chi connectivity index (χ0v) is 15.9. The molecular formula is C22H24N2O3. The lowest BCUT2D eigenvalue weighted by Gasteiger charge is -2.19. The smallest absolute Gasteiger partial charge is 0.259 e. The second kappa shape index (κ2) is 8.08. The van der Waals surface area contributed by atoms with Gasteiger partial charge in [0.25, 0.3) is 5.56 Å². The van der Waals surface area contributed by atoms with Gasteiger partial charge in [0.15, 0.2) is 11.5 Å². The van der Waals surface area contributed by atoms with E-state index in [9.17, 15) is 4.79 Å². The van der Waals surface area contributed by atoms with Crippen molar-refractivity contribution in [3.05, 3.63) is 65.0 Å². The Balaban J connectivity index is 2.20. The fourth-order valence-corrected chi connectivity index (χ4v) is 2.96. The second-order valence-electron chi connectivity index (χ2n) is 6.49. The van der Waals surface area contributed by atoms with E-state index in [1.807, 2.05) is 57.2 Å². The van der Waals surface area contributed by atoms with Crippen LogP contribution in [0.15, 0.2) is 53.8 Å². The van der Waals surface area contributed by atoms with Crippen LogP contribution in [0.4, 0.5) is 0 Å². The van der Waals surface area contributed by atoms with Gasteiger partial charge in [0.05, 0.1) is 23.6 Å². The first kappa shape index (κ1) is 18.7. The first-order valence-electron chi connectivity index (χ1n) is 9.10. The summed E-state index contributed by atoms with van der Waals surface area (Å²) in [6.07, 6.45) is 2.45. The lowest BCUT2D eigenvalue weighted by atomic mass is 10.0. The molecule has 2 aromatic carbocycles. The zero-order valence-electron chi connectivity index (χ0n) is 15.9. The van der Waals surface area contributed by atoms with Gasteiger partial charge in [0, 0.05) is 11.1 Å². The Labute approximate surface area is 158 Å². The van der Waals surface area contributed by atoms with Crippen molar-refractivity contribution in [3.8, 4) is 22.9 Å². The highest BCUT2D eigenvalue weighted by molar-refractivity contribution is 5.79. The molecule has 0 aliphatic rings. The van der Waals surface area contributed by atoms with Gasteiger partial charge in [-0.15, -0.1) is 6.58 Å². The highest BCUT2D eigenvalue weighted by Gasteiger charge is 2.17. The number of fused-ring (bicyclic) bond motifs is 1. The molecule has 0 spiro atoms. The number of ether oxygens (including phenoxy) is 2. The molecule has 27 heavy (non-hydrogen) atoms. The van der Waals surface area contributed by atoms with Crippen LogP contribution in [0.25, 0.3) is 22.3 Å². The molecule has 3 aromatic rings. The van der Waals surface area contributed by atoms with Crippen molar-refractivity contribution in [2.75, 3.05) is 6.61 Å². The zero-order chi connectivity index (χ0) is 19.4. The quantitative estimate of drug-likeness (QED) is 0.627. The van der Waals surface area contributed by atoms with Gasteiger partial charge in [-0.3, -0.25) is 4.79 Å². The number of hydrogen-bond donors (Lipinski definition) is 1. The molecule has 0 radical (unpaired) electrons. The summed E-state index contributed by atoms with van der Waals surface area (Å²) in [7, 11) is 0. The number of nitrogens with one attached hydrogen (secondary N) is 1. The van der Waals surface area contributed by atoms with Crippen LogP contribution < -0.4 is 15.0 Å². The molecule has 0 fully saturated rings. The van der Waals surface area contributed by atoms with Gasteiger partial charge in [0.2, 0.25) is 0 Å². The van der Waals surface area contributed by atoms with Crippen LogP contribution in [0.2, 0.25) is 0 Å². The second-order valence-corrected chi connectivity index (χ2v) is 6.49. The molecule has 1 aromatic heterocycles. The number of allylic oxidation sites excluding steroid dienone is 1. The van der Waals surface area contributed by atoms with E-state index < -0.39 is 0 Å². The molecule has 0 aliphatic carbocycles. The third-order valence-corrected chi connectivity index (χ3v) is 4.04. The number of benzene rings is 2. The van der Waals surface area contributed by atoms with Crippen LogP contribution in [-0.2, 0) is 6.42 Å². The highest BCUT2D eigenvalue weighted by atomic mass is 16.5. The maximum absolute atomic E-state index is 12.4. The van der Waals surface area contributed by atoms with E-state index in [1.54, 1.807) is 6.07 Å². The minimum atomic E-state index is -0.165. The van der Waals surface area contributed by atoms with Crippen molar-refractivity contribution in [1.29, 1.82) is 0 Å². The van der Waals surface area contributed by atoms with E-state index in [4.69, 9.17) is 9.47 Å². The number of para-hydroxylation sites is 1. The summed E-state index contributed by atoms with van der Waals surface area (Å²) in [5.41, 5.74) is 2.20. The summed E-state index contributed by atoms with van der Waals surface area (Å²) < 4.78 is 11.8. The van der Waals surface area contributed by atoms with Crippen LogP contribution in [0, 0.1) is 0 Å². The fourth-order valence-electron chi connectivity index (χ4n) is 2.96. The molecule has 0 saturated carbocycles. The lowest BCUT2D eigenvalue weighted by Crippen LogP contribution is -2.11. The van der Waals surface area contributed by atoms with Gasteiger partial charge >= 0.3 is 0 Å². The number of rotatable bonds is 7. The summed E-state index contributed by atoms with van der Waals surface area (Å²) in [6.45, 7) is 10.2. The predicted octanol–water partition coefficient (Wildman–Crippen LogP) is 4.50. The Kier molecular flexibility index (Phi) is 5.60. The molecule has 0 amide bonds. The molecule has 1 N–H and O–H groups in total. The molecule has 0 bridgehead atoms. The maximum atomic E-state index is 12.4. The topological polar surface area (TPSA) is 64.2 Å². The highest BCUT2D eigenvalue weighted by Crippen LogP contribution is 2.37. The van der Waals surface area contributed by atoms with E-state index in [-0.39, 0.29) is 11.7 Å². The van der Waals surface area contributed by atoms with Gasteiger partial charge in [-0.05, 0) is 51.5 Å². The molecular weight excluding hydrogens is 340 g/mol. The van der Waals surface area contributed by atoms with E-state index in [2.05, 4.69) is 16.5 Å². The van der Waals surface area contributed by atoms with Crippen molar-refractivity contribution in [2.24, 2.45) is 0 Å². The number of aromatic nitrogens is 2. The normalized spacial score (nSPS) is 11.0. The first-order chi connectivity index (χ1) is 13.0. The Morgan fingerprint density at radius 3 is 2.74 bits per heavy atom. The van der Waals surface area contributed by atoms with Crippen molar-refractivity contribution in [3.63, 3.8) is 0 Å². The summed E-state index contributed by atoms with van der Waals surface area (Å²) in [5, 5.41) is 0.567. The summed E-state index contributed by atoms with van der Waals surface area (Å²) >= 11 is 0. The van der Waals surface area contributed by atoms with E-state index >= 15 is 0 Å². The lowest BCUT2D eigenvalue weighted by molar-refractivity contribution is 0.222. The van der Waals surface area contributed by atoms with Crippen LogP contribution in [0.5, 0.6) is 11.5 Å².